The van der Waals surface area contributed by atoms with E-state index in [0.29, 0.717) is 30.7 Å². The Hall–Kier alpha value is -0.580. The van der Waals surface area contributed by atoms with Gasteiger partial charge in [0.05, 0.1) is 11.5 Å². The molecule has 1 amide bonds. The lowest BCUT2D eigenvalue weighted by Gasteiger charge is -2.39. The largest absolute Gasteiger partial charge is 0.356 e. The smallest absolute Gasteiger partial charge is 0.223 e. The number of halogens is 1. The summed E-state index contributed by atoms with van der Waals surface area (Å²) in [5, 5.41) is 3.42. The number of rotatable bonds is 4. The van der Waals surface area contributed by atoms with Gasteiger partial charge in [-0.05, 0) is 24.7 Å². The first kappa shape index (κ1) is 21.7. The lowest BCUT2D eigenvalue weighted by atomic mass is 10.1. The maximum Gasteiger partial charge on any atom is 0.223 e. The molecule has 150 valence electrons. The zero-order chi connectivity index (χ0) is 18.0. The highest BCUT2D eigenvalue weighted by Gasteiger charge is 2.36. The predicted octanol–water partition coefficient (Wildman–Crippen LogP) is 0.947. The quantitative estimate of drug-likeness (QED) is 0.355. The lowest BCUT2D eigenvalue weighted by molar-refractivity contribution is -0.130. The zero-order valence-electron chi connectivity index (χ0n) is 15.7. The molecule has 3 rings (SSSR count). The minimum atomic E-state index is -2.85. The molecule has 0 bridgehead atoms. The highest BCUT2D eigenvalue weighted by atomic mass is 127. The third-order valence-electron chi connectivity index (χ3n) is 5.28. The van der Waals surface area contributed by atoms with E-state index in [9.17, 15) is 13.2 Å². The number of aliphatic imine (C=N–C) groups is 1. The van der Waals surface area contributed by atoms with E-state index in [1.807, 2.05) is 4.90 Å². The number of hydrogen-bond acceptors (Lipinski definition) is 4. The molecule has 0 saturated carbocycles. The summed E-state index contributed by atoms with van der Waals surface area (Å²) in [6.07, 6.45) is 2.32. The van der Waals surface area contributed by atoms with Gasteiger partial charge in [0.2, 0.25) is 5.91 Å². The molecule has 3 fully saturated rings. The molecule has 0 radical (unpaired) electrons. The average Bonchev–Trinajstić information content (AvgIpc) is 3.09. The number of amides is 1. The molecule has 0 aromatic rings. The van der Waals surface area contributed by atoms with Crippen molar-refractivity contribution in [2.75, 3.05) is 44.2 Å². The first-order valence-corrected chi connectivity index (χ1v) is 11.2. The summed E-state index contributed by atoms with van der Waals surface area (Å²) in [5.41, 5.74) is 0. The van der Waals surface area contributed by atoms with Gasteiger partial charge >= 0.3 is 0 Å². The predicted molar refractivity (Wildman–Crippen MR) is 114 cm³/mol. The maximum atomic E-state index is 11.9. The summed E-state index contributed by atoms with van der Waals surface area (Å²) in [5.74, 6) is 2.37. The second-order valence-electron chi connectivity index (χ2n) is 7.93. The number of sulfone groups is 1. The van der Waals surface area contributed by atoms with Gasteiger partial charge in [-0.2, -0.15) is 0 Å². The van der Waals surface area contributed by atoms with Crippen molar-refractivity contribution in [3.8, 4) is 0 Å². The number of guanidine groups is 1. The molecule has 1 N–H and O–H groups in total. The SMILES string of the molecule is CC(C)CN=C(NCC1CCS(=O)(=O)C1)N1CCN2C(=O)CCC2C1.I. The topological polar surface area (TPSA) is 82.1 Å². The van der Waals surface area contributed by atoms with Crippen molar-refractivity contribution in [3.05, 3.63) is 0 Å². The third kappa shape index (κ3) is 5.46. The number of hydrogen-bond donors (Lipinski definition) is 1. The van der Waals surface area contributed by atoms with E-state index in [4.69, 9.17) is 4.99 Å². The fourth-order valence-corrected chi connectivity index (χ4v) is 5.72. The number of fused-ring (bicyclic) bond motifs is 1. The summed E-state index contributed by atoms with van der Waals surface area (Å²) in [6.45, 7) is 8.03. The summed E-state index contributed by atoms with van der Waals surface area (Å²) in [7, 11) is -2.85. The Bertz CT molecular complexity index is 638. The van der Waals surface area contributed by atoms with Crippen molar-refractivity contribution >= 4 is 45.7 Å². The molecule has 3 aliphatic rings. The molecule has 2 atom stereocenters. The third-order valence-corrected chi connectivity index (χ3v) is 7.11. The first-order chi connectivity index (χ1) is 11.8. The van der Waals surface area contributed by atoms with Crippen molar-refractivity contribution in [1.29, 1.82) is 0 Å². The van der Waals surface area contributed by atoms with Gasteiger partial charge in [0.15, 0.2) is 15.8 Å². The van der Waals surface area contributed by atoms with Crippen molar-refractivity contribution in [1.82, 2.24) is 15.1 Å². The standard InChI is InChI=1S/C17H30N4O3S.HI/c1-13(2)9-18-17(19-10-14-5-8-25(23,24)12-14)20-6-7-21-15(11-20)3-4-16(21)22;/h13-15H,3-12H2,1-2H3,(H,18,19);1H. The van der Waals surface area contributed by atoms with E-state index in [1.165, 1.54) is 0 Å². The summed E-state index contributed by atoms with van der Waals surface area (Å²) in [6, 6.07) is 0.291. The fraction of sp³-hybridized carbons (Fsp3) is 0.882. The van der Waals surface area contributed by atoms with Crippen LogP contribution in [0, 0.1) is 11.8 Å². The molecule has 0 aromatic heterocycles. The van der Waals surface area contributed by atoms with Crippen LogP contribution in [-0.2, 0) is 14.6 Å². The number of carbonyl (C=O) groups excluding carboxylic acids is 1. The van der Waals surface area contributed by atoms with Crippen molar-refractivity contribution < 1.29 is 13.2 Å². The minimum absolute atomic E-state index is 0. The normalized spacial score (nSPS) is 28.3. The van der Waals surface area contributed by atoms with Crippen molar-refractivity contribution in [3.63, 3.8) is 0 Å². The van der Waals surface area contributed by atoms with Gasteiger partial charge in [-0.3, -0.25) is 9.79 Å². The van der Waals surface area contributed by atoms with Crippen LogP contribution < -0.4 is 5.32 Å². The number of nitrogens with one attached hydrogen (secondary N) is 1. The zero-order valence-corrected chi connectivity index (χ0v) is 18.8. The van der Waals surface area contributed by atoms with Crippen molar-refractivity contribution in [2.45, 2.75) is 39.2 Å². The lowest BCUT2D eigenvalue weighted by Crippen LogP contribution is -2.56. The Kier molecular flexibility index (Phi) is 7.58. The van der Waals surface area contributed by atoms with Gasteiger partial charge in [-0.1, -0.05) is 13.8 Å². The van der Waals surface area contributed by atoms with Crippen LogP contribution in [0.4, 0.5) is 0 Å². The van der Waals surface area contributed by atoms with Crippen LogP contribution in [0.15, 0.2) is 4.99 Å². The monoisotopic (exact) mass is 498 g/mol. The highest BCUT2D eigenvalue weighted by Crippen LogP contribution is 2.23. The molecule has 0 aliphatic carbocycles. The molecule has 7 nitrogen and oxygen atoms in total. The Morgan fingerprint density at radius 3 is 2.73 bits per heavy atom. The minimum Gasteiger partial charge on any atom is -0.356 e. The Balaban J connectivity index is 0.00000243. The molecule has 26 heavy (non-hydrogen) atoms. The van der Waals surface area contributed by atoms with E-state index in [2.05, 4.69) is 24.1 Å². The van der Waals surface area contributed by atoms with Crippen LogP contribution in [-0.4, -0.2) is 80.4 Å². The molecule has 0 spiro atoms. The van der Waals surface area contributed by atoms with Crippen LogP contribution >= 0.6 is 24.0 Å². The number of piperazine rings is 1. The van der Waals surface area contributed by atoms with Gasteiger partial charge in [-0.15, -0.1) is 24.0 Å². The molecule has 2 unspecified atom stereocenters. The van der Waals surface area contributed by atoms with E-state index in [1.54, 1.807) is 0 Å². The molecule has 0 aromatic carbocycles. The average molecular weight is 498 g/mol. The molecule has 3 heterocycles. The van der Waals surface area contributed by atoms with Gasteiger partial charge in [0, 0.05) is 45.2 Å². The van der Waals surface area contributed by atoms with E-state index < -0.39 is 9.84 Å². The van der Waals surface area contributed by atoms with Gasteiger partial charge in [0.25, 0.3) is 0 Å². The van der Waals surface area contributed by atoms with Crippen molar-refractivity contribution in [2.24, 2.45) is 16.8 Å². The second-order valence-corrected chi connectivity index (χ2v) is 10.2. The maximum absolute atomic E-state index is 11.9. The Labute approximate surface area is 173 Å². The molecular weight excluding hydrogens is 467 g/mol. The number of carbonyl (C=O) groups is 1. The molecule has 3 saturated heterocycles. The summed E-state index contributed by atoms with van der Waals surface area (Å²) >= 11 is 0. The van der Waals surface area contributed by atoms with E-state index in [-0.39, 0.29) is 41.6 Å². The summed E-state index contributed by atoms with van der Waals surface area (Å²) < 4.78 is 23.3. The molecule has 3 aliphatic heterocycles. The van der Waals surface area contributed by atoms with Crippen LogP contribution in [0.25, 0.3) is 0 Å². The van der Waals surface area contributed by atoms with Gasteiger partial charge in [0.1, 0.15) is 0 Å². The van der Waals surface area contributed by atoms with Crippen LogP contribution in [0.2, 0.25) is 0 Å². The summed E-state index contributed by atoms with van der Waals surface area (Å²) in [4.78, 5) is 20.9. The second kappa shape index (κ2) is 9.07. The molecule has 9 heteroatoms. The molecular formula is C17H31IN4O3S. The van der Waals surface area contributed by atoms with E-state index >= 15 is 0 Å². The van der Waals surface area contributed by atoms with Gasteiger partial charge < -0.3 is 15.1 Å². The number of nitrogens with zero attached hydrogens (tertiary/aromatic N) is 3. The van der Waals surface area contributed by atoms with Gasteiger partial charge in [-0.25, -0.2) is 8.42 Å². The van der Waals surface area contributed by atoms with E-state index in [0.717, 1.165) is 45.0 Å². The van der Waals surface area contributed by atoms with Crippen LogP contribution in [0.3, 0.4) is 0 Å². The highest BCUT2D eigenvalue weighted by molar-refractivity contribution is 14.0. The van der Waals surface area contributed by atoms with Crippen LogP contribution in [0.5, 0.6) is 0 Å². The van der Waals surface area contributed by atoms with Crippen LogP contribution in [0.1, 0.15) is 33.1 Å². The Morgan fingerprint density at radius 2 is 2.08 bits per heavy atom. The fourth-order valence-electron chi connectivity index (χ4n) is 3.86. The Morgan fingerprint density at radius 1 is 1.31 bits per heavy atom. The first-order valence-electron chi connectivity index (χ1n) is 9.37.